The molecule has 0 bridgehead atoms. The van der Waals surface area contributed by atoms with E-state index in [1.165, 1.54) is 0 Å². The summed E-state index contributed by atoms with van der Waals surface area (Å²) >= 11 is 9.42. The van der Waals surface area contributed by atoms with Crippen molar-refractivity contribution in [3.8, 4) is 22.5 Å². The Kier molecular flexibility index (Phi) is 7.57. The maximum Gasteiger partial charge on any atom is 1.00 e. The van der Waals surface area contributed by atoms with Crippen LogP contribution in [0.4, 0.5) is 0 Å². The van der Waals surface area contributed by atoms with E-state index in [2.05, 4.69) is 41.5 Å². The zero-order chi connectivity index (χ0) is 18.8. The number of tetrazole rings is 1. The van der Waals surface area contributed by atoms with Crippen LogP contribution < -0.4 is 56.5 Å². The van der Waals surface area contributed by atoms with Crippen molar-refractivity contribution >= 4 is 27.5 Å². The van der Waals surface area contributed by atoms with E-state index < -0.39 is 0 Å². The van der Waals surface area contributed by atoms with Crippen LogP contribution in [0, 0.1) is 0 Å². The molecule has 28 heavy (non-hydrogen) atoms. The first-order chi connectivity index (χ1) is 13.2. The number of halogens is 2. The molecule has 1 N–H and O–H groups in total. The van der Waals surface area contributed by atoms with E-state index in [-0.39, 0.29) is 58.0 Å². The summed E-state index contributed by atoms with van der Waals surface area (Å²) in [5.41, 5.74) is 4.54. The molecule has 0 amide bonds. The Labute approximate surface area is 217 Å². The molecule has 0 radical (unpaired) electrons. The zero-order valence-electron chi connectivity index (χ0n) is 14.9. The van der Waals surface area contributed by atoms with Crippen molar-refractivity contribution in [3.05, 3.63) is 69.7 Å². The van der Waals surface area contributed by atoms with Crippen LogP contribution in [0.1, 0.15) is 11.3 Å². The molecule has 136 valence electrons. The monoisotopic (exact) mass is 482 g/mol. The zero-order valence-corrected chi connectivity index (χ0v) is 20.4. The first-order valence-electron chi connectivity index (χ1n) is 8.06. The van der Waals surface area contributed by atoms with Gasteiger partial charge in [-0.25, -0.2) is 4.98 Å². The molecule has 0 aliphatic carbocycles. The fourth-order valence-corrected chi connectivity index (χ4v) is 3.76. The molecule has 10 heteroatoms. The molecule has 0 saturated heterocycles. The maximum absolute atomic E-state index is 9.52. The van der Waals surface area contributed by atoms with Crippen molar-refractivity contribution in [1.29, 1.82) is 0 Å². The number of rotatable bonds is 5. The first kappa shape index (κ1) is 21.8. The summed E-state index contributed by atoms with van der Waals surface area (Å²) in [7, 11) is 0. The van der Waals surface area contributed by atoms with Gasteiger partial charge >= 0.3 is 51.4 Å². The van der Waals surface area contributed by atoms with Crippen LogP contribution in [-0.4, -0.2) is 30.2 Å². The normalized spacial score (nSPS) is 10.7. The van der Waals surface area contributed by atoms with E-state index >= 15 is 0 Å². The number of hydrogen-bond acceptors (Lipinski definition) is 5. The fourth-order valence-electron chi connectivity index (χ4n) is 2.89. The van der Waals surface area contributed by atoms with Crippen LogP contribution >= 0.6 is 27.5 Å². The molecule has 0 aliphatic rings. The topological polar surface area (TPSA) is 90.8 Å². The van der Waals surface area contributed by atoms with Crippen molar-refractivity contribution in [2.24, 2.45) is 0 Å². The number of aromatic nitrogens is 6. The summed E-state index contributed by atoms with van der Waals surface area (Å²) in [5, 5.41) is 24.9. The summed E-state index contributed by atoms with van der Waals surface area (Å²) in [4.78, 5) is 4.14. The summed E-state index contributed by atoms with van der Waals surface area (Å²) in [6.07, 6.45) is 0. The number of hydrogen-bond donors (Lipinski definition) is 1. The van der Waals surface area contributed by atoms with Crippen LogP contribution in [0.5, 0.6) is 0 Å². The largest absolute Gasteiger partial charge is 1.00 e. The van der Waals surface area contributed by atoms with E-state index in [4.69, 9.17) is 11.6 Å². The average Bonchev–Trinajstić information content (AvgIpc) is 3.31. The Morgan fingerprint density at radius 2 is 1.79 bits per heavy atom. The smallest absolute Gasteiger partial charge is 0.390 e. The van der Waals surface area contributed by atoms with Gasteiger partial charge in [-0.3, -0.25) is 10.3 Å². The fraction of sp³-hybridized carbons (Fsp3) is 0.111. The van der Waals surface area contributed by atoms with Crippen molar-refractivity contribution in [3.63, 3.8) is 0 Å². The summed E-state index contributed by atoms with van der Waals surface area (Å²) < 4.78 is 2.42. The minimum Gasteiger partial charge on any atom is -0.390 e. The molecule has 0 saturated carbocycles. The molecule has 7 nitrogen and oxygen atoms in total. The number of aliphatic hydroxyl groups is 1. The quantitative estimate of drug-likeness (QED) is 0.411. The van der Waals surface area contributed by atoms with E-state index in [1.807, 2.05) is 53.1 Å². The molecule has 2 heterocycles. The Hall–Kier alpha value is -0.914. The molecule has 0 fully saturated rings. The van der Waals surface area contributed by atoms with E-state index in [0.29, 0.717) is 27.9 Å². The maximum atomic E-state index is 9.52. The first-order valence-corrected chi connectivity index (χ1v) is 9.23. The predicted octanol–water partition coefficient (Wildman–Crippen LogP) is 0.320. The van der Waals surface area contributed by atoms with Gasteiger partial charge < -0.3 is 14.8 Å². The van der Waals surface area contributed by atoms with Crippen molar-refractivity contribution in [1.82, 2.24) is 30.2 Å². The SMILES string of the molecule is OCc1c(Cl)nc(Br)n1Cc1ccc(-c2ccccc2-c2nnn[n-]2)cc1.[K+]. The van der Waals surface area contributed by atoms with Gasteiger partial charge in [0, 0.05) is 12.4 Å². The van der Waals surface area contributed by atoms with E-state index in [0.717, 1.165) is 22.3 Å². The Bertz CT molecular complexity index is 1070. The van der Waals surface area contributed by atoms with E-state index in [9.17, 15) is 5.11 Å². The van der Waals surface area contributed by atoms with Gasteiger partial charge in [0.1, 0.15) is 0 Å². The van der Waals surface area contributed by atoms with Crippen molar-refractivity contribution < 1.29 is 56.5 Å². The van der Waals surface area contributed by atoms with Gasteiger partial charge in [0.2, 0.25) is 0 Å². The molecule has 0 atom stereocenters. The van der Waals surface area contributed by atoms with Crippen LogP contribution in [-0.2, 0) is 13.2 Å². The van der Waals surface area contributed by atoms with Gasteiger partial charge in [0.15, 0.2) is 9.89 Å². The van der Waals surface area contributed by atoms with Crippen molar-refractivity contribution in [2.45, 2.75) is 13.2 Å². The second-order valence-corrected chi connectivity index (χ2v) is 6.87. The standard InChI is InChI=1S/C18H13BrClN6O.K/c19-18-21-16(20)15(10-27)26(18)9-11-5-7-12(8-6-11)13-3-1-2-4-14(13)17-22-24-25-23-17;/h1-8,27H,9-10H2;/q-1;+1. The molecule has 0 aliphatic heterocycles. The molecule has 2 aromatic heterocycles. The van der Waals surface area contributed by atoms with Crippen LogP contribution in [0.2, 0.25) is 5.15 Å². The van der Waals surface area contributed by atoms with Crippen LogP contribution in [0.3, 0.4) is 0 Å². The molecule has 4 rings (SSSR count). The van der Waals surface area contributed by atoms with Gasteiger partial charge in [-0.05, 0) is 38.2 Å². The number of benzene rings is 2. The average molecular weight is 484 g/mol. The van der Waals surface area contributed by atoms with Crippen LogP contribution in [0.15, 0.2) is 53.3 Å². The van der Waals surface area contributed by atoms with Gasteiger partial charge in [0.25, 0.3) is 0 Å². The minimum absolute atomic E-state index is 0. The third-order valence-corrected chi connectivity index (χ3v) is 5.13. The van der Waals surface area contributed by atoms with Gasteiger partial charge in [-0.1, -0.05) is 60.1 Å². The minimum atomic E-state index is -0.176. The summed E-state index contributed by atoms with van der Waals surface area (Å²) in [6.45, 7) is 0.364. The van der Waals surface area contributed by atoms with Gasteiger partial charge in [-0.15, -0.1) is 0 Å². The number of nitrogens with zero attached hydrogens (tertiary/aromatic N) is 6. The Balaban J connectivity index is 0.00000225. The second-order valence-electron chi connectivity index (χ2n) is 5.81. The van der Waals surface area contributed by atoms with Crippen LogP contribution in [0.25, 0.3) is 22.5 Å². The third-order valence-electron chi connectivity index (χ3n) is 4.22. The molecule has 0 unspecified atom stereocenters. The number of imidazole rings is 1. The molecule has 4 aromatic rings. The van der Waals surface area contributed by atoms with Crippen molar-refractivity contribution in [2.75, 3.05) is 0 Å². The van der Waals surface area contributed by atoms with Gasteiger partial charge in [-0.2, -0.15) is 5.21 Å². The van der Waals surface area contributed by atoms with E-state index in [1.54, 1.807) is 0 Å². The number of aliphatic hydroxyl groups excluding tert-OH is 1. The Morgan fingerprint density at radius 1 is 1.07 bits per heavy atom. The molecule has 2 aromatic carbocycles. The predicted molar refractivity (Wildman–Crippen MR) is 104 cm³/mol. The van der Waals surface area contributed by atoms with Gasteiger partial charge in [0.05, 0.1) is 12.3 Å². The second kappa shape index (κ2) is 9.73. The molecule has 0 spiro atoms. The molecular formula is C18H13BrClKN6O. The molecular weight excluding hydrogens is 471 g/mol. The summed E-state index contributed by atoms with van der Waals surface area (Å²) in [5.74, 6) is 0.499. The Morgan fingerprint density at radius 3 is 2.43 bits per heavy atom. The summed E-state index contributed by atoms with van der Waals surface area (Å²) in [6, 6.07) is 16.0. The third kappa shape index (κ3) is 4.47.